The van der Waals surface area contributed by atoms with Gasteiger partial charge in [-0.25, -0.2) is 0 Å². The lowest BCUT2D eigenvalue weighted by Crippen LogP contribution is -1.94. The fourth-order valence-electron chi connectivity index (χ4n) is 1.92. The fourth-order valence-corrected chi connectivity index (χ4v) is 1.92. The van der Waals surface area contributed by atoms with Crippen LogP contribution in [0.25, 0.3) is 0 Å². The van der Waals surface area contributed by atoms with E-state index in [1.165, 1.54) is 16.7 Å². The molecule has 0 bridgehead atoms. The van der Waals surface area contributed by atoms with Crippen LogP contribution in [0.15, 0.2) is 53.6 Å². The zero-order valence-electron chi connectivity index (χ0n) is 8.83. The molecule has 1 aliphatic rings. The van der Waals surface area contributed by atoms with Crippen molar-refractivity contribution < 1.29 is 0 Å². The summed E-state index contributed by atoms with van der Waals surface area (Å²) in [4.78, 5) is 0. The molecule has 0 heterocycles. The Hall–Kier alpha value is -1.30. The van der Waals surface area contributed by atoms with Crippen LogP contribution in [0.4, 0.5) is 0 Å². The number of hydrogen-bond donors (Lipinski definition) is 0. The van der Waals surface area contributed by atoms with Gasteiger partial charge in [0.25, 0.3) is 0 Å². The third kappa shape index (κ3) is 1.79. The first-order valence-corrected chi connectivity index (χ1v) is 5.19. The van der Waals surface area contributed by atoms with Crippen molar-refractivity contribution in [3.8, 4) is 0 Å². The molecule has 72 valence electrons. The normalized spacial score (nSPS) is 17.6. The third-order valence-electron chi connectivity index (χ3n) is 2.87. The summed E-state index contributed by atoms with van der Waals surface area (Å²) in [5.41, 5.74) is 4.35. The highest BCUT2D eigenvalue weighted by Crippen LogP contribution is 2.30. The van der Waals surface area contributed by atoms with Crippen LogP contribution < -0.4 is 0 Å². The standard InChI is InChI=1S/C14H16/c1-11-8-9-14(10-11)12(2)13-6-4-3-5-7-13/h3-7,9-10,12H,8H2,1-2H3. The van der Waals surface area contributed by atoms with E-state index in [9.17, 15) is 0 Å². The maximum Gasteiger partial charge on any atom is 0.00579 e. The smallest absolute Gasteiger partial charge is 0.00579 e. The highest BCUT2D eigenvalue weighted by Gasteiger charge is 2.12. The zero-order chi connectivity index (χ0) is 9.97. The Morgan fingerprint density at radius 1 is 1.14 bits per heavy atom. The van der Waals surface area contributed by atoms with Crippen LogP contribution in [-0.4, -0.2) is 0 Å². The highest BCUT2D eigenvalue weighted by atomic mass is 14.2. The van der Waals surface area contributed by atoms with Gasteiger partial charge in [0.15, 0.2) is 0 Å². The molecule has 0 N–H and O–H groups in total. The first-order valence-electron chi connectivity index (χ1n) is 5.19. The third-order valence-corrected chi connectivity index (χ3v) is 2.87. The minimum absolute atomic E-state index is 0.536. The number of hydrogen-bond acceptors (Lipinski definition) is 0. The molecule has 0 fully saturated rings. The second-order valence-corrected chi connectivity index (χ2v) is 4.03. The second kappa shape index (κ2) is 3.83. The van der Waals surface area contributed by atoms with Crippen LogP contribution in [-0.2, 0) is 0 Å². The lowest BCUT2D eigenvalue weighted by Gasteiger charge is -2.11. The van der Waals surface area contributed by atoms with Gasteiger partial charge in [-0.3, -0.25) is 0 Å². The quantitative estimate of drug-likeness (QED) is 0.650. The van der Waals surface area contributed by atoms with Gasteiger partial charge < -0.3 is 0 Å². The molecule has 1 aromatic carbocycles. The van der Waals surface area contributed by atoms with Crippen molar-refractivity contribution in [2.24, 2.45) is 0 Å². The summed E-state index contributed by atoms with van der Waals surface area (Å²) < 4.78 is 0. The molecular weight excluding hydrogens is 168 g/mol. The van der Waals surface area contributed by atoms with Crippen molar-refractivity contribution in [2.75, 3.05) is 0 Å². The molecule has 0 radical (unpaired) electrons. The van der Waals surface area contributed by atoms with E-state index in [2.05, 4.69) is 56.3 Å². The number of benzene rings is 1. The molecular formula is C14H16. The number of rotatable bonds is 2. The molecule has 0 aliphatic heterocycles. The molecule has 14 heavy (non-hydrogen) atoms. The first-order chi connectivity index (χ1) is 6.77. The van der Waals surface area contributed by atoms with Crippen LogP contribution in [0.2, 0.25) is 0 Å². The van der Waals surface area contributed by atoms with Crippen molar-refractivity contribution in [3.63, 3.8) is 0 Å². The molecule has 1 unspecified atom stereocenters. The van der Waals surface area contributed by atoms with E-state index in [0.29, 0.717) is 5.92 Å². The monoisotopic (exact) mass is 184 g/mol. The van der Waals surface area contributed by atoms with E-state index >= 15 is 0 Å². The van der Waals surface area contributed by atoms with E-state index < -0.39 is 0 Å². The van der Waals surface area contributed by atoms with Gasteiger partial charge in [-0.1, -0.05) is 55.0 Å². The molecule has 1 aromatic rings. The largest absolute Gasteiger partial charge is 0.0766 e. The lowest BCUT2D eigenvalue weighted by molar-refractivity contribution is 0.923. The molecule has 1 atom stereocenters. The highest BCUT2D eigenvalue weighted by molar-refractivity contribution is 5.40. The Morgan fingerprint density at radius 3 is 2.43 bits per heavy atom. The van der Waals surface area contributed by atoms with Crippen molar-refractivity contribution in [2.45, 2.75) is 26.2 Å². The summed E-state index contributed by atoms with van der Waals surface area (Å²) in [6.07, 6.45) is 5.79. The van der Waals surface area contributed by atoms with Gasteiger partial charge in [0.05, 0.1) is 0 Å². The summed E-state index contributed by atoms with van der Waals surface area (Å²) >= 11 is 0. The fraction of sp³-hybridized carbons (Fsp3) is 0.286. The van der Waals surface area contributed by atoms with Crippen LogP contribution in [0.1, 0.15) is 31.7 Å². The van der Waals surface area contributed by atoms with Crippen molar-refractivity contribution in [3.05, 3.63) is 59.2 Å². The van der Waals surface area contributed by atoms with Gasteiger partial charge in [0.1, 0.15) is 0 Å². The van der Waals surface area contributed by atoms with Crippen LogP contribution in [0.3, 0.4) is 0 Å². The summed E-state index contributed by atoms with van der Waals surface area (Å²) in [6, 6.07) is 10.7. The van der Waals surface area contributed by atoms with E-state index in [0.717, 1.165) is 6.42 Å². The average molecular weight is 184 g/mol. The SMILES string of the molecule is CC1=CC(C(C)c2ccccc2)=CC1. The van der Waals surface area contributed by atoms with Crippen molar-refractivity contribution in [1.29, 1.82) is 0 Å². The van der Waals surface area contributed by atoms with E-state index in [1.54, 1.807) is 0 Å². The van der Waals surface area contributed by atoms with Crippen LogP contribution in [0, 0.1) is 0 Å². The predicted octanol–water partition coefficient (Wildman–Crippen LogP) is 4.07. The van der Waals surface area contributed by atoms with Gasteiger partial charge >= 0.3 is 0 Å². The summed E-state index contributed by atoms with van der Waals surface area (Å²) in [6.45, 7) is 4.47. The molecule has 0 aromatic heterocycles. The van der Waals surface area contributed by atoms with Crippen molar-refractivity contribution >= 4 is 0 Å². The lowest BCUT2D eigenvalue weighted by atomic mass is 9.94. The molecule has 0 amide bonds. The molecule has 0 heteroatoms. The Bertz CT molecular complexity index is 368. The first kappa shape index (κ1) is 9.26. The van der Waals surface area contributed by atoms with Gasteiger partial charge in [-0.2, -0.15) is 0 Å². The minimum Gasteiger partial charge on any atom is -0.0766 e. The van der Waals surface area contributed by atoms with Crippen LogP contribution >= 0.6 is 0 Å². The summed E-state index contributed by atoms with van der Waals surface area (Å²) in [5.74, 6) is 0.536. The Balaban J connectivity index is 2.21. The van der Waals surface area contributed by atoms with E-state index in [1.807, 2.05) is 0 Å². The maximum absolute atomic E-state index is 2.34. The van der Waals surface area contributed by atoms with Gasteiger partial charge in [0.2, 0.25) is 0 Å². The molecule has 0 nitrogen and oxygen atoms in total. The Labute approximate surface area is 86.0 Å². The van der Waals surface area contributed by atoms with E-state index in [-0.39, 0.29) is 0 Å². The molecule has 0 saturated heterocycles. The zero-order valence-corrected chi connectivity index (χ0v) is 8.83. The number of allylic oxidation sites excluding steroid dienone is 4. The van der Waals surface area contributed by atoms with Gasteiger partial charge in [-0.05, 0) is 24.5 Å². The predicted molar refractivity (Wildman–Crippen MR) is 61.3 cm³/mol. The maximum atomic E-state index is 2.34. The minimum atomic E-state index is 0.536. The van der Waals surface area contributed by atoms with Crippen molar-refractivity contribution in [1.82, 2.24) is 0 Å². The van der Waals surface area contributed by atoms with Gasteiger partial charge in [0, 0.05) is 5.92 Å². The van der Waals surface area contributed by atoms with Gasteiger partial charge in [-0.15, -0.1) is 0 Å². The average Bonchev–Trinajstić information content (AvgIpc) is 2.65. The second-order valence-electron chi connectivity index (χ2n) is 4.03. The Kier molecular flexibility index (Phi) is 2.53. The molecule has 2 rings (SSSR count). The molecule has 0 saturated carbocycles. The Morgan fingerprint density at radius 2 is 1.86 bits per heavy atom. The topological polar surface area (TPSA) is 0 Å². The molecule has 1 aliphatic carbocycles. The molecule has 0 spiro atoms. The summed E-state index contributed by atoms with van der Waals surface area (Å²) in [5, 5.41) is 0. The van der Waals surface area contributed by atoms with E-state index in [4.69, 9.17) is 0 Å². The van der Waals surface area contributed by atoms with Crippen LogP contribution in [0.5, 0.6) is 0 Å². The summed E-state index contributed by atoms with van der Waals surface area (Å²) in [7, 11) is 0.